The molecular weight excluding hydrogens is 166 g/mol. The van der Waals surface area contributed by atoms with Gasteiger partial charge in [-0.25, -0.2) is 0 Å². The van der Waals surface area contributed by atoms with E-state index in [1.54, 1.807) is 10.4 Å². The third-order valence-electron chi connectivity index (χ3n) is 2.80. The largest absolute Gasteiger partial charge is 0.303 e. The molecule has 1 unspecified atom stereocenters. The van der Waals surface area contributed by atoms with Gasteiger partial charge in [0.05, 0.1) is 0 Å². The van der Waals surface area contributed by atoms with E-state index < -0.39 is 0 Å². The Hall–Kier alpha value is -0.340. The van der Waals surface area contributed by atoms with E-state index in [1.165, 1.54) is 19.4 Å². The fourth-order valence-corrected chi connectivity index (χ4v) is 2.65. The number of fused-ring (bicyclic) bond motifs is 1. The minimum absolute atomic E-state index is 0.709. The third kappa shape index (κ3) is 1.41. The standard InChI is InChI=1S/C10H15NS/c1-8-7-9-4-6-12-10(9)3-5-11(8)2/h4,6,8H,3,5,7H2,1-2H3. The Balaban J connectivity index is 2.24. The van der Waals surface area contributed by atoms with Crippen LogP contribution in [0.2, 0.25) is 0 Å². The van der Waals surface area contributed by atoms with Crippen molar-refractivity contribution in [2.24, 2.45) is 0 Å². The van der Waals surface area contributed by atoms with Gasteiger partial charge in [0.15, 0.2) is 0 Å². The second-order valence-electron chi connectivity index (χ2n) is 3.65. The van der Waals surface area contributed by atoms with Crippen LogP contribution in [0.3, 0.4) is 0 Å². The van der Waals surface area contributed by atoms with E-state index in [1.807, 2.05) is 11.3 Å². The number of nitrogens with zero attached hydrogens (tertiary/aromatic N) is 1. The molecule has 0 saturated heterocycles. The maximum atomic E-state index is 2.45. The fourth-order valence-electron chi connectivity index (χ4n) is 1.74. The van der Waals surface area contributed by atoms with E-state index >= 15 is 0 Å². The van der Waals surface area contributed by atoms with E-state index in [-0.39, 0.29) is 0 Å². The molecule has 1 nitrogen and oxygen atoms in total. The van der Waals surface area contributed by atoms with Gasteiger partial charge >= 0.3 is 0 Å². The first-order valence-corrected chi connectivity index (χ1v) is 5.41. The second-order valence-corrected chi connectivity index (χ2v) is 4.65. The van der Waals surface area contributed by atoms with Gasteiger partial charge in [-0.1, -0.05) is 0 Å². The zero-order chi connectivity index (χ0) is 8.55. The van der Waals surface area contributed by atoms with Gasteiger partial charge < -0.3 is 4.90 Å². The van der Waals surface area contributed by atoms with Crippen LogP contribution in [-0.2, 0) is 12.8 Å². The quantitative estimate of drug-likeness (QED) is 0.593. The molecule has 0 fully saturated rings. The lowest BCUT2D eigenvalue weighted by Crippen LogP contribution is -2.30. The molecular formula is C10H15NS. The van der Waals surface area contributed by atoms with Gasteiger partial charge in [-0.15, -0.1) is 11.3 Å². The summed E-state index contributed by atoms with van der Waals surface area (Å²) >= 11 is 1.92. The summed E-state index contributed by atoms with van der Waals surface area (Å²) in [4.78, 5) is 4.05. The van der Waals surface area contributed by atoms with Crippen molar-refractivity contribution in [2.75, 3.05) is 13.6 Å². The summed E-state index contributed by atoms with van der Waals surface area (Å²) in [5.74, 6) is 0. The smallest absolute Gasteiger partial charge is 0.0105 e. The zero-order valence-corrected chi connectivity index (χ0v) is 8.53. The molecule has 0 bridgehead atoms. The summed E-state index contributed by atoms with van der Waals surface area (Å²) in [6.07, 6.45) is 2.48. The Morgan fingerprint density at radius 3 is 3.25 bits per heavy atom. The molecule has 1 atom stereocenters. The van der Waals surface area contributed by atoms with Crippen molar-refractivity contribution < 1.29 is 0 Å². The average Bonchev–Trinajstić information content (AvgIpc) is 2.43. The lowest BCUT2D eigenvalue weighted by atomic mass is 10.1. The summed E-state index contributed by atoms with van der Waals surface area (Å²) in [6.45, 7) is 3.53. The lowest BCUT2D eigenvalue weighted by Gasteiger charge is -2.20. The molecule has 0 saturated carbocycles. The molecule has 1 aliphatic heterocycles. The summed E-state index contributed by atoms with van der Waals surface area (Å²) in [5, 5.41) is 2.22. The Bertz CT molecular complexity index is 267. The van der Waals surface area contributed by atoms with Crippen molar-refractivity contribution in [2.45, 2.75) is 25.8 Å². The Labute approximate surface area is 78.0 Å². The number of rotatable bonds is 0. The molecule has 2 heteroatoms. The predicted octanol–water partition coefficient (Wildman–Crippen LogP) is 2.17. The molecule has 1 aromatic heterocycles. The number of hydrogen-bond donors (Lipinski definition) is 0. The van der Waals surface area contributed by atoms with Crippen LogP contribution in [0, 0.1) is 0 Å². The minimum atomic E-state index is 0.709. The summed E-state index contributed by atoms with van der Waals surface area (Å²) in [6, 6.07) is 3.00. The molecule has 0 aromatic carbocycles. The summed E-state index contributed by atoms with van der Waals surface area (Å²) in [5.41, 5.74) is 1.58. The highest BCUT2D eigenvalue weighted by molar-refractivity contribution is 7.10. The van der Waals surface area contributed by atoms with Gasteiger partial charge in [0.2, 0.25) is 0 Å². The van der Waals surface area contributed by atoms with Crippen molar-refractivity contribution in [3.8, 4) is 0 Å². The van der Waals surface area contributed by atoms with Crippen molar-refractivity contribution >= 4 is 11.3 Å². The number of hydrogen-bond acceptors (Lipinski definition) is 2. The molecule has 0 spiro atoms. The SMILES string of the molecule is CC1Cc2ccsc2CCN1C. The maximum absolute atomic E-state index is 2.45. The first kappa shape index (κ1) is 8.27. The first-order chi connectivity index (χ1) is 5.77. The third-order valence-corrected chi connectivity index (χ3v) is 3.82. The molecule has 66 valence electrons. The Morgan fingerprint density at radius 1 is 1.58 bits per heavy atom. The van der Waals surface area contributed by atoms with Crippen molar-refractivity contribution in [1.82, 2.24) is 4.90 Å². The number of thiophene rings is 1. The normalized spacial score (nSPS) is 25.0. The Kier molecular flexibility index (Phi) is 2.20. The molecule has 2 heterocycles. The van der Waals surface area contributed by atoms with Crippen LogP contribution in [-0.4, -0.2) is 24.5 Å². The predicted molar refractivity (Wildman–Crippen MR) is 53.8 cm³/mol. The van der Waals surface area contributed by atoms with Crippen molar-refractivity contribution in [3.63, 3.8) is 0 Å². The van der Waals surface area contributed by atoms with Crippen LogP contribution < -0.4 is 0 Å². The van der Waals surface area contributed by atoms with Crippen LogP contribution in [0.1, 0.15) is 17.4 Å². The number of likely N-dealkylation sites (N-methyl/N-ethyl adjacent to an activating group) is 1. The molecule has 12 heavy (non-hydrogen) atoms. The van der Waals surface area contributed by atoms with Crippen molar-refractivity contribution in [1.29, 1.82) is 0 Å². The van der Waals surface area contributed by atoms with E-state index in [0.717, 1.165) is 0 Å². The molecule has 0 N–H and O–H groups in total. The second kappa shape index (κ2) is 3.19. The molecule has 2 rings (SSSR count). The molecule has 0 radical (unpaired) electrons. The zero-order valence-electron chi connectivity index (χ0n) is 7.71. The molecule has 1 aliphatic rings. The van der Waals surface area contributed by atoms with Crippen LogP contribution in [0.5, 0.6) is 0 Å². The van der Waals surface area contributed by atoms with Crippen LogP contribution in [0.15, 0.2) is 11.4 Å². The monoisotopic (exact) mass is 181 g/mol. The minimum Gasteiger partial charge on any atom is -0.303 e. The summed E-state index contributed by atoms with van der Waals surface area (Å²) < 4.78 is 0. The highest BCUT2D eigenvalue weighted by Crippen LogP contribution is 2.23. The lowest BCUT2D eigenvalue weighted by molar-refractivity contribution is 0.268. The van der Waals surface area contributed by atoms with E-state index in [0.29, 0.717) is 6.04 Å². The topological polar surface area (TPSA) is 3.24 Å². The fraction of sp³-hybridized carbons (Fsp3) is 0.600. The van der Waals surface area contributed by atoms with E-state index in [9.17, 15) is 0 Å². The maximum Gasteiger partial charge on any atom is 0.0105 e. The van der Waals surface area contributed by atoms with Crippen LogP contribution in [0.4, 0.5) is 0 Å². The van der Waals surface area contributed by atoms with Gasteiger partial charge in [0.25, 0.3) is 0 Å². The van der Waals surface area contributed by atoms with Crippen molar-refractivity contribution in [3.05, 3.63) is 21.9 Å². The first-order valence-electron chi connectivity index (χ1n) is 4.53. The molecule has 1 aromatic rings. The van der Waals surface area contributed by atoms with Gasteiger partial charge in [0.1, 0.15) is 0 Å². The van der Waals surface area contributed by atoms with Gasteiger partial charge in [-0.2, -0.15) is 0 Å². The van der Waals surface area contributed by atoms with Crippen LogP contribution >= 0.6 is 11.3 Å². The molecule has 0 amide bonds. The average molecular weight is 181 g/mol. The Morgan fingerprint density at radius 2 is 2.42 bits per heavy atom. The van der Waals surface area contributed by atoms with Crippen LogP contribution in [0.25, 0.3) is 0 Å². The van der Waals surface area contributed by atoms with Gasteiger partial charge in [-0.05, 0) is 43.8 Å². The summed E-state index contributed by atoms with van der Waals surface area (Å²) in [7, 11) is 2.22. The van der Waals surface area contributed by atoms with E-state index in [4.69, 9.17) is 0 Å². The highest BCUT2D eigenvalue weighted by Gasteiger charge is 2.17. The molecule has 0 aliphatic carbocycles. The highest BCUT2D eigenvalue weighted by atomic mass is 32.1. The van der Waals surface area contributed by atoms with Gasteiger partial charge in [-0.3, -0.25) is 0 Å². The van der Waals surface area contributed by atoms with E-state index in [2.05, 4.69) is 30.3 Å². The van der Waals surface area contributed by atoms with Gasteiger partial charge in [0, 0.05) is 17.5 Å².